The molecule has 4 atom stereocenters. The molecule has 1 saturated carbocycles. The van der Waals surface area contributed by atoms with E-state index in [9.17, 15) is 24.9 Å². The van der Waals surface area contributed by atoms with Gasteiger partial charge < -0.3 is 35.6 Å². The third-order valence-corrected chi connectivity index (χ3v) is 8.61. The second-order valence-corrected chi connectivity index (χ2v) is 13.2. The SMILES string of the molecule is Cc1ccc(C2CC(O)[C@H](O)C(C(C)(C)O)O2)cc1Cc1ccc(CCCC(=O)NC2(C(=O)NCCN(C)C)CC2)cc1. The van der Waals surface area contributed by atoms with Crippen LogP contribution < -0.4 is 10.6 Å². The van der Waals surface area contributed by atoms with Crippen molar-refractivity contribution >= 4 is 11.8 Å². The van der Waals surface area contributed by atoms with Crippen LogP contribution in [0.25, 0.3) is 0 Å². The minimum atomic E-state index is -1.29. The summed E-state index contributed by atoms with van der Waals surface area (Å²) in [6, 6.07) is 14.5. The number of aliphatic hydroxyl groups is 3. The van der Waals surface area contributed by atoms with Gasteiger partial charge in [0, 0.05) is 25.9 Å². The van der Waals surface area contributed by atoms with Gasteiger partial charge in [-0.1, -0.05) is 42.5 Å². The van der Waals surface area contributed by atoms with Gasteiger partial charge in [-0.05, 0) is 94.8 Å². The van der Waals surface area contributed by atoms with Gasteiger partial charge in [0.15, 0.2) is 0 Å². The van der Waals surface area contributed by atoms with Gasteiger partial charge >= 0.3 is 0 Å². The highest BCUT2D eigenvalue weighted by Gasteiger charge is 2.50. The van der Waals surface area contributed by atoms with E-state index in [0.29, 0.717) is 32.2 Å². The molecule has 2 aromatic carbocycles. The van der Waals surface area contributed by atoms with Gasteiger partial charge in [-0.2, -0.15) is 0 Å². The van der Waals surface area contributed by atoms with Crippen molar-refractivity contribution in [2.45, 2.75) is 101 Å². The van der Waals surface area contributed by atoms with Crippen molar-refractivity contribution < 1.29 is 29.6 Å². The fourth-order valence-corrected chi connectivity index (χ4v) is 5.68. The third-order valence-electron chi connectivity index (χ3n) is 8.61. The largest absolute Gasteiger partial charge is 0.390 e. The number of ether oxygens (including phenoxy) is 1. The summed E-state index contributed by atoms with van der Waals surface area (Å²) in [6.45, 7) is 6.55. The molecule has 2 fully saturated rings. The van der Waals surface area contributed by atoms with Gasteiger partial charge in [-0.15, -0.1) is 0 Å². The van der Waals surface area contributed by atoms with Crippen molar-refractivity contribution in [1.29, 1.82) is 0 Å². The molecule has 2 aromatic rings. The summed E-state index contributed by atoms with van der Waals surface area (Å²) in [4.78, 5) is 27.1. The molecule has 4 rings (SSSR count). The Balaban J connectivity index is 1.27. The van der Waals surface area contributed by atoms with Crippen LogP contribution in [-0.2, 0) is 27.2 Å². The van der Waals surface area contributed by atoms with Gasteiger partial charge in [0.25, 0.3) is 0 Å². The molecule has 1 saturated heterocycles. The Kier molecular flexibility index (Phi) is 10.7. The Bertz CT molecular complexity index is 1250. The van der Waals surface area contributed by atoms with Crippen LogP contribution in [0.2, 0.25) is 0 Å². The average molecular weight is 596 g/mol. The van der Waals surface area contributed by atoms with Crippen molar-refractivity contribution in [3.8, 4) is 0 Å². The molecule has 5 N–H and O–H groups in total. The topological polar surface area (TPSA) is 131 Å². The van der Waals surface area contributed by atoms with E-state index in [1.807, 2.05) is 31.1 Å². The molecule has 1 aliphatic carbocycles. The summed E-state index contributed by atoms with van der Waals surface area (Å²) in [5.74, 6) is -0.162. The predicted octanol–water partition coefficient (Wildman–Crippen LogP) is 2.56. The van der Waals surface area contributed by atoms with E-state index in [1.165, 1.54) is 0 Å². The summed E-state index contributed by atoms with van der Waals surface area (Å²) in [7, 11) is 3.91. The van der Waals surface area contributed by atoms with Gasteiger partial charge in [0.05, 0.1) is 17.8 Å². The Hall–Kier alpha value is -2.82. The molecule has 9 heteroatoms. The molecule has 236 valence electrons. The monoisotopic (exact) mass is 595 g/mol. The molecule has 1 aliphatic heterocycles. The van der Waals surface area contributed by atoms with E-state index in [2.05, 4.69) is 47.9 Å². The van der Waals surface area contributed by atoms with Crippen LogP contribution in [0.1, 0.15) is 79.9 Å². The van der Waals surface area contributed by atoms with E-state index in [-0.39, 0.29) is 18.2 Å². The second-order valence-electron chi connectivity index (χ2n) is 13.2. The number of aryl methyl sites for hydroxylation is 2. The van der Waals surface area contributed by atoms with Crippen molar-refractivity contribution in [2.75, 3.05) is 27.2 Å². The van der Waals surface area contributed by atoms with Crippen LogP contribution in [0.15, 0.2) is 42.5 Å². The van der Waals surface area contributed by atoms with Crippen LogP contribution in [-0.4, -0.2) is 88.7 Å². The Morgan fingerprint density at radius 1 is 1.07 bits per heavy atom. The quantitative estimate of drug-likeness (QED) is 0.241. The molecule has 0 radical (unpaired) electrons. The summed E-state index contributed by atoms with van der Waals surface area (Å²) in [5, 5.41) is 37.2. The van der Waals surface area contributed by atoms with Gasteiger partial charge in [0.2, 0.25) is 11.8 Å². The average Bonchev–Trinajstić information content (AvgIpc) is 3.72. The lowest BCUT2D eigenvalue weighted by molar-refractivity contribution is -0.223. The number of hydrogen-bond donors (Lipinski definition) is 5. The maximum Gasteiger partial charge on any atom is 0.245 e. The molecule has 2 amide bonds. The number of likely N-dealkylation sites (N-methyl/N-ethyl adjacent to an activating group) is 1. The molecular formula is C34H49N3O6. The molecule has 0 aromatic heterocycles. The molecule has 2 aliphatic rings. The zero-order valence-electron chi connectivity index (χ0n) is 26.2. The van der Waals surface area contributed by atoms with Gasteiger partial charge in [-0.25, -0.2) is 0 Å². The second kappa shape index (κ2) is 13.9. The summed E-state index contributed by atoms with van der Waals surface area (Å²) in [5.41, 5.74) is 3.51. The summed E-state index contributed by atoms with van der Waals surface area (Å²) < 4.78 is 6.09. The van der Waals surface area contributed by atoms with Crippen molar-refractivity contribution in [2.24, 2.45) is 0 Å². The normalized spacial score (nSPS) is 23.2. The van der Waals surface area contributed by atoms with Crippen LogP contribution in [0.4, 0.5) is 0 Å². The molecule has 1 heterocycles. The zero-order valence-corrected chi connectivity index (χ0v) is 26.2. The lowest BCUT2D eigenvalue weighted by atomic mass is 9.86. The van der Waals surface area contributed by atoms with E-state index in [4.69, 9.17) is 4.74 Å². The predicted molar refractivity (Wildman–Crippen MR) is 166 cm³/mol. The highest BCUT2D eigenvalue weighted by atomic mass is 16.5. The smallest absolute Gasteiger partial charge is 0.245 e. The van der Waals surface area contributed by atoms with E-state index in [1.54, 1.807) is 13.8 Å². The maximum absolute atomic E-state index is 12.6. The molecule has 3 unspecified atom stereocenters. The fourth-order valence-electron chi connectivity index (χ4n) is 5.68. The van der Waals surface area contributed by atoms with Gasteiger partial charge in [0.1, 0.15) is 17.7 Å². The standard InChI is InChI=1S/C34H49N3O6/c1-22-9-14-25(28-21-27(38)30(40)31(43-28)33(2,3)42)20-26(22)19-24-12-10-23(11-13-24)7-6-8-29(39)36-34(15-16-34)32(41)35-17-18-37(4)5/h9-14,20,27-28,30-31,38,40,42H,6-8,15-19,21H2,1-5H3,(H,35,41)(H,36,39)/t27?,28?,30-,31?/m0/s1. The Labute approximate surface area is 255 Å². The lowest BCUT2D eigenvalue weighted by Crippen LogP contribution is -2.55. The first kappa shape index (κ1) is 33.1. The third kappa shape index (κ3) is 8.86. The maximum atomic E-state index is 12.6. The summed E-state index contributed by atoms with van der Waals surface area (Å²) in [6.07, 6.45) is 0.786. The van der Waals surface area contributed by atoms with Crippen molar-refractivity contribution in [1.82, 2.24) is 15.5 Å². The van der Waals surface area contributed by atoms with Crippen LogP contribution in [0.3, 0.4) is 0 Å². The first-order chi connectivity index (χ1) is 20.3. The summed E-state index contributed by atoms with van der Waals surface area (Å²) >= 11 is 0. The van der Waals surface area contributed by atoms with E-state index < -0.39 is 35.6 Å². The number of benzene rings is 2. The molecule has 0 spiro atoms. The minimum Gasteiger partial charge on any atom is -0.390 e. The first-order valence-electron chi connectivity index (χ1n) is 15.4. The van der Waals surface area contributed by atoms with Crippen LogP contribution in [0, 0.1) is 6.92 Å². The minimum absolute atomic E-state index is 0.0786. The first-order valence-corrected chi connectivity index (χ1v) is 15.4. The number of carbonyl (C=O) groups is 2. The molecular weight excluding hydrogens is 546 g/mol. The highest BCUT2D eigenvalue weighted by molar-refractivity contribution is 5.94. The molecule has 9 nitrogen and oxygen atoms in total. The Morgan fingerprint density at radius 2 is 1.74 bits per heavy atom. The number of carbonyl (C=O) groups excluding carboxylic acids is 2. The lowest BCUT2D eigenvalue weighted by Gasteiger charge is -2.42. The van der Waals surface area contributed by atoms with Crippen molar-refractivity contribution in [3.05, 3.63) is 70.3 Å². The number of nitrogens with one attached hydrogen (secondary N) is 2. The molecule has 43 heavy (non-hydrogen) atoms. The fraction of sp³-hybridized carbons (Fsp3) is 0.588. The van der Waals surface area contributed by atoms with Crippen molar-refractivity contribution in [3.63, 3.8) is 0 Å². The number of nitrogens with zero attached hydrogens (tertiary/aromatic N) is 1. The zero-order chi connectivity index (χ0) is 31.4. The van der Waals surface area contributed by atoms with E-state index >= 15 is 0 Å². The van der Waals surface area contributed by atoms with E-state index in [0.717, 1.165) is 47.2 Å². The number of rotatable bonds is 13. The Morgan fingerprint density at radius 3 is 2.37 bits per heavy atom. The van der Waals surface area contributed by atoms with Gasteiger partial charge in [-0.3, -0.25) is 9.59 Å². The number of aliphatic hydroxyl groups excluding tert-OH is 2. The number of hydrogen-bond acceptors (Lipinski definition) is 7. The number of amides is 2. The van der Waals surface area contributed by atoms with Crippen LogP contribution in [0.5, 0.6) is 0 Å². The highest BCUT2D eigenvalue weighted by Crippen LogP contribution is 2.37. The van der Waals surface area contributed by atoms with Crippen LogP contribution >= 0.6 is 0 Å². The molecule has 0 bridgehead atoms.